The van der Waals surface area contributed by atoms with Crippen molar-refractivity contribution in [1.82, 2.24) is 4.98 Å². The Balaban J connectivity index is 1.96. The van der Waals surface area contributed by atoms with Crippen molar-refractivity contribution in [2.45, 2.75) is 13.8 Å². The molecule has 0 unspecified atom stereocenters. The molecule has 0 radical (unpaired) electrons. The molecule has 0 aliphatic rings. The fourth-order valence-corrected chi connectivity index (χ4v) is 3.74. The number of amides is 3. The second-order valence-corrected chi connectivity index (χ2v) is 7.58. The largest absolute Gasteiger partial charge is 0.319 e. The van der Waals surface area contributed by atoms with Gasteiger partial charge < -0.3 is 10.6 Å². The molecule has 0 saturated heterocycles. The van der Waals surface area contributed by atoms with Crippen LogP contribution in [0.3, 0.4) is 0 Å². The molecule has 3 aromatic rings. The number of nitrogens with one attached hydrogen (secondary N) is 2. The van der Waals surface area contributed by atoms with Crippen LogP contribution in [0.1, 0.15) is 19.5 Å². The smallest absolute Gasteiger partial charge is 0.261 e. The molecule has 33 heavy (non-hydrogen) atoms. The molecular weight excluding hydrogens is 450 g/mol. The highest BCUT2D eigenvalue weighted by molar-refractivity contribution is 7.14. The summed E-state index contributed by atoms with van der Waals surface area (Å²) in [6.07, 6.45) is 1.19. The van der Waals surface area contributed by atoms with Crippen LogP contribution in [0.15, 0.2) is 59.5 Å². The molecule has 0 saturated carbocycles. The summed E-state index contributed by atoms with van der Waals surface area (Å²) in [5, 5.41) is 6.64. The van der Waals surface area contributed by atoms with Crippen LogP contribution in [0, 0.1) is 11.6 Å². The summed E-state index contributed by atoms with van der Waals surface area (Å²) < 4.78 is 28.0. The number of nitrogens with zero attached hydrogens (tertiary/aromatic N) is 2. The van der Waals surface area contributed by atoms with Gasteiger partial charge in [-0.25, -0.2) is 13.8 Å². The molecule has 1 heterocycles. The van der Waals surface area contributed by atoms with Crippen LogP contribution in [0.5, 0.6) is 0 Å². The average molecular weight is 471 g/mol. The lowest BCUT2D eigenvalue weighted by Crippen LogP contribution is -2.27. The number of carbonyl (C=O) groups is 3. The zero-order chi connectivity index (χ0) is 24.0. The Bertz CT molecular complexity index is 1160. The second-order valence-electron chi connectivity index (χ2n) is 6.74. The van der Waals surface area contributed by atoms with Crippen molar-refractivity contribution in [3.05, 3.63) is 76.8 Å². The summed E-state index contributed by atoms with van der Waals surface area (Å²) in [5.74, 6) is -3.41. The highest BCUT2D eigenvalue weighted by atomic mass is 32.1. The van der Waals surface area contributed by atoms with E-state index in [0.29, 0.717) is 11.7 Å². The Morgan fingerprint density at radius 1 is 0.970 bits per heavy atom. The minimum atomic E-state index is -0.914. The van der Waals surface area contributed by atoms with E-state index in [1.165, 1.54) is 54.3 Å². The van der Waals surface area contributed by atoms with Gasteiger partial charge in [0.15, 0.2) is 5.13 Å². The van der Waals surface area contributed by atoms with Gasteiger partial charge in [0.2, 0.25) is 5.91 Å². The number of para-hydroxylation sites is 2. The molecule has 2 aromatic carbocycles. The number of rotatable bonds is 7. The van der Waals surface area contributed by atoms with Crippen molar-refractivity contribution < 1.29 is 23.2 Å². The van der Waals surface area contributed by atoms with Gasteiger partial charge in [-0.3, -0.25) is 19.3 Å². The predicted molar refractivity (Wildman–Crippen MR) is 124 cm³/mol. The number of aromatic nitrogens is 1. The maximum absolute atomic E-state index is 14.0. The van der Waals surface area contributed by atoms with E-state index in [1.54, 1.807) is 12.3 Å². The summed E-state index contributed by atoms with van der Waals surface area (Å²) in [5.41, 5.74) is -0.444. The van der Waals surface area contributed by atoms with E-state index in [9.17, 15) is 23.2 Å². The molecule has 0 aliphatic carbocycles. The van der Waals surface area contributed by atoms with Crippen LogP contribution in [0.25, 0.3) is 6.08 Å². The number of carbonyl (C=O) groups excluding carboxylic acids is 3. The molecule has 7 nitrogen and oxygen atoms in total. The van der Waals surface area contributed by atoms with Crippen molar-refractivity contribution in [3.63, 3.8) is 0 Å². The third-order valence-electron chi connectivity index (χ3n) is 4.46. The van der Waals surface area contributed by atoms with Gasteiger partial charge in [0.05, 0.1) is 17.1 Å². The van der Waals surface area contributed by atoms with Gasteiger partial charge in [-0.15, -0.1) is 11.3 Å². The monoisotopic (exact) mass is 470 g/mol. The Labute approximate surface area is 192 Å². The van der Waals surface area contributed by atoms with Crippen LogP contribution in [0.4, 0.5) is 25.3 Å². The van der Waals surface area contributed by atoms with Crippen LogP contribution in [0.2, 0.25) is 0 Å². The number of benzene rings is 2. The summed E-state index contributed by atoms with van der Waals surface area (Å²) in [7, 11) is 0. The highest BCUT2D eigenvalue weighted by Gasteiger charge is 2.22. The average Bonchev–Trinajstić information content (AvgIpc) is 3.23. The Morgan fingerprint density at radius 3 is 1.94 bits per heavy atom. The Hall–Kier alpha value is -3.92. The first-order chi connectivity index (χ1) is 15.8. The van der Waals surface area contributed by atoms with E-state index in [2.05, 4.69) is 15.6 Å². The van der Waals surface area contributed by atoms with Crippen LogP contribution in [-0.2, 0) is 14.4 Å². The summed E-state index contributed by atoms with van der Waals surface area (Å²) in [6.45, 7) is 3.57. The van der Waals surface area contributed by atoms with E-state index >= 15 is 0 Å². The number of halogens is 2. The fourth-order valence-electron chi connectivity index (χ4n) is 2.85. The fraction of sp³-hybridized carbons (Fsp3) is 0.130. The molecular formula is C23H20F2N4O3S. The minimum Gasteiger partial charge on any atom is -0.319 e. The number of hydrogen-bond donors (Lipinski definition) is 2. The second kappa shape index (κ2) is 10.6. The Morgan fingerprint density at radius 2 is 1.48 bits per heavy atom. The van der Waals surface area contributed by atoms with Gasteiger partial charge in [-0.2, -0.15) is 0 Å². The van der Waals surface area contributed by atoms with Crippen LogP contribution < -0.4 is 15.5 Å². The summed E-state index contributed by atoms with van der Waals surface area (Å²) in [4.78, 5) is 43.3. The molecule has 170 valence electrons. The SMILES string of the molecule is CCN(C(C)=O)c1nc(C=C(C(=O)Nc2ccccc2F)C(=O)Nc2ccccc2F)cs1. The van der Waals surface area contributed by atoms with Crippen molar-refractivity contribution in [3.8, 4) is 0 Å². The molecule has 0 fully saturated rings. The number of thiazole rings is 1. The van der Waals surface area contributed by atoms with E-state index in [0.717, 1.165) is 23.5 Å². The van der Waals surface area contributed by atoms with Crippen LogP contribution >= 0.6 is 11.3 Å². The summed E-state index contributed by atoms with van der Waals surface area (Å²) in [6, 6.07) is 11.0. The topological polar surface area (TPSA) is 91.4 Å². The van der Waals surface area contributed by atoms with Gasteiger partial charge in [0, 0.05) is 18.8 Å². The van der Waals surface area contributed by atoms with Gasteiger partial charge in [0.25, 0.3) is 11.8 Å². The molecule has 2 N–H and O–H groups in total. The normalized spacial score (nSPS) is 10.3. The molecule has 0 spiro atoms. The molecule has 0 aliphatic heterocycles. The minimum absolute atomic E-state index is 0.125. The van der Waals surface area contributed by atoms with E-state index in [1.807, 2.05) is 0 Å². The molecule has 0 bridgehead atoms. The predicted octanol–water partition coefficient (Wildman–Crippen LogP) is 4.45. The lowest BCUT2D eigenvalue weighted by atomic mass is 10.1. The quantitative estimate of drug-likeness (QED) is 0.303. The zero-order valence-corrected chi connectivity index (χ0v) is 18.6. The lowest BCUT2D eigenvalue weighted by Gasteiger charge is -2.14. The highest BCUT2D eigenvalue weighted by Crippen LogP contribution is 2.23. The lowest BCUT2D eigenvalue weighted by molar-refractivity contribution is -0.118. The van der Waals surface area contributed by atoms with Crippen LogP contribution in [-0.4, -0.2) is 29.3 Å². The first-order valence-electron chi connectivity index (χ1n) is 9.87. The third kappa shape index (κ3) is 5.86. The standard InChI is InChI=1S/C23H20F2N4O3S/c1-3-29(14(2)30)23-26-15(13-33-23)12-16(21(31)27-19-10-6-4-8-17(19)24)22(32)28-20-11-7-5-9-18(20)25/h4-13H,3H2,1-2H3,(H,27,31)(H,28,32). The number of hydrogen-bond acceptors (Lipinski definition) is 5. The van der Waals surface area contributed by atoms with Gasteiger partial charge in [-0.1, -0.05) is 24.3 Å². The van der Waals surface area contributed by atoms with Crippen molar-refractivity contribution >= 4 is 51.6 Å². The van der Waals surface area contributed by atoms with Gasteiger partial charge >= 0.3 is 0 Å². The van der Waals surface area contributed by atoms with Gasteiger partial charge in [0.1, 0.15) is 17.2 Å². The third-order valence-corrected chi connectivity index (χ3v) is 5.34. The van der Waals surface area contributed by atoms with E-state index in [4.69, 9.17) is 0 Å². The van der Waals surface area contributed by atoms with Crippen molar-refractivity contribution in [1.29, 1.82) is 0 Å². The molecule has 3 amide bonds. The Kier molecular flexibility index (Phi) is 7.62. The molecule has 0 atom stereocenters. The first-order valence-corrected chi connectivity index (χ1v) is 10.7. The van der Waals surface area contributed by atoms with Crippen molar-refractivity contribution in [2.24, 2.45) is 0 Å². The number of anilines is 3. The zero-order valence-electron chi connectivity index (χ0n) is 17.8. The maximum atomic E-state index is 14.0. The first kappa shape index (κ1) is 23.7. The molecule has 3 rings (SSSR count). The van der Waals surface area contributed by atoms with Crippen molar-refractivity contribution in [2.75, 3.05) is 22.1 Å². The maximum Gasteiger partial charge on any atom is 0.261 e. The van der Waals surface area contributed by atoms with E-state index < -0.39 is 29.0 Å². The van der Waals surface area contributed by atoms with E-state index in [-0.39, 0.29) is 23.0 Å². The summed E-state index contributed by atoms with van der Waals surface area (Å²) >= 11 is 1.15. The molecule has 1 aromatic heterocycles. The van der Waals surface area contributed by atoms with Gasteiger partial charge in [-0.05, 0) is 37.3 Å². The molecule has 10 heteroatoms.